The van der Waals surface area contributed by atoms with Gasteiger partial charge in [0.1, 0.15) is 18.7 Å². The SMILES string of the molecule is Cc1cc(/C=C/C(c2cc(Cl)cc(Cl)c2)C(F)(F)F)cc(C#N)c1-n1cncn1. The maximum Gasteiger partial charge on any atom is 0.399 e. The summed E-state index contributed by atoms with van der Waals surface area (Å²) in [4.78, 5) is 3.85. The molecule has 4 nitrogen and oxygen atoms in total. The van der Waals surface area contributed by atoms with E-state index in [2.05, 4.69) is 10.1 Å². The lowest BCUT2D eigenvalue weighted by molar-refractivity contribution is -0.139. The minimum atomic E-state index is -4.54. The van der Waals surface area contributed by atoms with Crippen LogP contribution in [0.1, 0.15) is 28.2 Å². The number of nitrogens with zero attached hydrogens (tertiary/aromatic N) is 4. The van der Waals surface area contributed by atoms with E-state index in [4.69, 9.17) is 23.2 Å². The number of alkyl halides is 3. The summed E-state index contributed by atoms with van der Waals surface area (Å²) in [6.07, 6.45) is 0.580. The molecule has 0 bridgehead atoms. The topological polar surface area (TPSA) is 54.5 Å². The average molecular weight is 437 g/mol. The van der Waals surface area contributed by atoms with Crippen LogP contribution in [-0.4, -0.2) is 20.9 Å². The van der Waals surface area contributed by atoms with Gasteiger partial charge in [-0.2, -0.15) is 23.5 Å². The second-order valence-electron chi connectivity index (χ2n) is 6.27. The molecule has 0 saturated heterocycles. The minimum absolute atomic E-state index is 0.0669. The first-order valence-electron chi connectivity index (χ1n) is 8.29. The predicted octanol–water partition coefficient (Wildman–Crippen LogP) is 6.11. The first kappa shape index (κ1) is 20.9. The molecule has 3 rings (SSSR count). The Labute approximate surface area is 174 Å². The van der Waals surface area contributed by atoms with Crippen molar-refractivity contribution in [3.8, 4) is 11.8 Å². The van der Waals surface area contributed by atoms with Gasteiger partial charge in [0.2, 0.25) is 0 Å². The van der Waals surface area contributed by atoms with Crippen LogP contribution < -0.4 is 0 Å². The van der Waals surface area contributed by atoms with Crippen LogP contribution in [0.25, 0.3) is 11.8 Å². The van der Waals surface area contributed by atoms with Crippen molar-refractivity contribution in [3.63, 3.8) is 0 Å². The van der Waals surface area contributed by atoms with E-state index in [1.807, 2.05) is 6.07 Å². The Morgan fingerprint density at radius 3 is 2.38 bits per heavy atom. The number of halogens is 5. The quantitative estimate of drug-likeness (QED) is 0.495. The van der Waals surface area contributed by atoms with Gasteiger partial charge in [0.15, 0.2) is 0 Å². The molecule has 1 unspecified atom stereocenters. The molecule has 1 heterocycles. The van der Waals surface area contributed by atoms with E-state index in [1.165, 1.54) is 47.7 Å². The fourth-order valence-corrected chi connectivity index (χ4v) is 3.53. The van der Waals surface area contributed by atoms with Crippen LogP contribution in [0, 0.1) is 18.3 Å². The van der Waals surface area contributed by atoms with E-state index >= 15 is 0 Å². The fourth-order valence-electron chi connectivity index (χ4n) is 2.99. The normalized spacial score (nSPS) is 12.9. The molecule has 0 saturated carbocycles. The average Bonchev–Trinajstić information content (AvgIpc) is 3.13. The Morgan fingerprint density at radius 2 is 1.83 bits per heavy atom. The van der Waals surface area contributed by atoms with Crippen LogP contribution >= 0.6 is 23.2 Å². The zero-order valence-electron chi connectivity index (χ0n) is 15.0. The van der Waals surface area contributed by atoms with Gasteiger partial charge in [-0.05, 0) is 53.9 Å². The van der Waals surface area contributed by atoms with E-state index < -0.39 is 12.1 Å². The minimum Gasteiger partial charge on any atom is -0.223 e. The first-order valence-corrected chi connectivity index (χ1v) is 9.05. The van der Waals surface area contributed by atoms with Gasteiger partial charge in [-0.25, -0.2) is 9.67 Å². The van der Waals surface area contributed by atoms with E-state index in [1.54, 1.807) is 13.0 Å². The number of hydrogen-bond donors (Lipinski definition) is 0. The second kappa shape index (κ2) is 8.27. The van der Waals surface area contributed by atoms with Gasteiger partial charge in [0.25, 0.3) is 0 Å². The number of benzene rings is 2. The highest BCUT2D eigenvalue weighted by Crippen LogP contribution is 2.38. The molecule has 1 atom stereocenters. The third-order valence-corrected chi connectivity index (χ3v) is 4.61. The van der Waals surface area contributed by atoms with Crippen LogP contribution in [0.2, 0.25) is 10.0 Å². The van der Waals surface area contributed by atoms with Gasteiger partial charge in [0.05, 0.1) is 17.2 Å². The first-order chi connectivity index (χ1) is 13.7. The highest BCUT2D eigenvalue weighted by atomic mass is 35.5. The van der Waals surface area contributed by atoms with Crippen molar-refractivity contribution in [1.29, 1.82) is 5.26 Å². The summed E-state index contributed by atoms with van der Waals surface area (Å²) in [5, 5.41) is 13.7. The lowest BCUT2D eigenvalue weighted by atomic mass is 9.96. The number of nitriles is 1. The smallest absolute Gasteiger partial charge is 0.223 e. The molecule has 0 fully saturated rings. The second-order valence-corrected chi connectivity index (χ2v) is 7.14. The summed E-state index contributed by atoms with van der Waals surface area (Å²) >= 11 is 11.7. The molecule has 0 N–H and O–H groups in total. The maximum absolute atomic E-state index is 13.6. The lowest BCUT2D eigenvalue weighted by Gasteiger charge is -2.18. The molecule has 29 heavy (non-hydrogen) atoms. The van der Waals surface area contributed by atoms with Crippen LogP contribution in [0.5, 0.6) is 0 Å². The number of rotatable bonds is 4. The van der Waals surface area contributed by atoms with Crippen molar-refractivity contribution in [1.82, 2.24) is 14.8 Å². The monoisotopic (exact) mass is 436 g/mol. The summed E-state index contributed by atoms with van der Waals surface area (Å²) < 4.78 is 42.4. The standard InChI is InChI=1S/C20H13Cl2F3N4/c1-12-4-13(5-15(9-26)19(12)29-11-27-10-28-29)2-3-18(20(23,24)25)14-6-16(21)8-17(22)7-14/h2-8,10-11,18H,1H3/b3-2+. The molecule has 0 spiro atoms. The number of aryl methyl sites for hydroxylation is 1. The van der Waals surface area contributed by atoms with E-state index in [9.17, 15) is 18.4 Å². The lowest BCUT2D eigenvalue weighted by Crippen LogP contribution is -2.18. The van der Waals surface area contributed by atoms with E-state index in [0.29, 0.717) is 16.8 Å². The Morgan fingerprint density at radius 1 is 1.14 bits per heavy atom. The molecule has 0 aliphatic heterocycles. The van der Waals surface area contributed by atoms with Crippen molar-refractivity contribution in [2.75, 3.05) is 0 Å². The molecule has 0 radical (unpaired) electrons. The van der Waals surface area contributed by atoms with Gasteiger partial charge in [-0.1, -0.05) is 35.4 Å². The van der Waals surface area contributed by atoms with Crippen molar-refractivity contribution < 1.29 is 13.2 Å². The van der Waals surface area contributed by atoms with Gasteiger partial charge < -0.3 is 0 Å². The number of allylic oxidation sites excluding steroid dienone is 1. The van der Waals surface area contributed by atoms with Gasteiger partial charge in [0, 0.05) is 10.0 Å². The molecule has 0 aliphatic rings. The zero-order chi connectivity index (χ0) is 21.2. The van der Waals surface area contributed by atoms with E-state index in [-0.39, 0.29) is 21.2 Å². The number of hydrogen-bond acceptors (Lipinski definition) is 3. The van der Waals surface area contributed by atoms with Gasteiger partial charge >= 0.3 is 6.18 Å². The van der Waals surface area contributed by atoms with Crippen LogP contribution in [0.3, 0.4) is 0 Å². The molecule has 0 amide bonds. The summed E-state index contributed by atoms with van der Waals surface area (Å²) in [5.41, 5.74) is 1.84. The third-order valence-electron chi connectivity index (χ3n) is 4.17. The summed E-state index contributed by atoms with van der Waals surface area (Å²) in [7, 11) is 0. The molecule has 3 aromatic rings. The molecule has 0 aliphatic carbocycles. The van der Waals surface area contributed by atoms with Crippen molar-refractivity contribution in [3.05, 3.63) is 81.4 Å². The summed E-state index contributed by atoms with van der Waals surface area (Å²) in [5.74, 6) is -1.90. The van der Waals surface area contributed by atoms with Gasteiger partial charge in [-0.3, -0.25) is 0 Å². The third kappa shape index (κ3) is 4.78. The van der Waals surface area contributed by atoms with Crippen molar-refractivity contribution in [2.45, 2.75) is 19.0 Å². The molecule has 148 valence electrons. The van der Waals surface area contributed by atoms with Gasteiger partial charge in [-0.15, -0.1) is 0 Å². The summed E-state index contributed by atoms with van der Waals surface area (Å²) in [6, 6.07) is 9.06. The zero-order valence-corrected chi connectivity index (χ0v) is 16.5. The molecule has 1 aromatic heterocycles. The molecule has 9 heteroatoms. The molecular formula is C20H13Cl2F3N4. The van der Waals surface area contributed by atoms with Crippen LogP contribution in [0.15, 0.2) is 49.1 Å². The fraction of sp³-hybridized carbons (Fsp3) is 0.150. The number of aromatic nitrogens is 3. The Balaban J connectivity index is 2.02. The Kier molecular flexibility index (Phi) is 5.96. The van der Waals surface area contributed by atoms with E-state index in [0.717, 1.165) is 6.08 Å². The van der Waals surface area contributed by atoms with Crippen molar-refractivity contribution in [2.24, 2.45) is 0 Å². The Hall–Kier alpha value is -2.82. The highest BCUT2D eigenvalue weighted by Gasteiger charge is 2.39. The van der Waals surface area contributed by atoms with Crippen LogP contribution in [-0.2, 0) is 0 Å². The maximum atomic E-state index is 13.6. The Bertz CT molecular complexity index is 1080. The highest BCUT2D eigenvalue weighted by molar-refractivity contribution is 6.34. The molecule has 2 aromatic carbocycles. The van der Waals surface area contributed by atoms with Crippen molar-refractivity contribution >= 4 is 29.3 Å². The van der Waals surface area contributed by atoms with Crippen LogP contribution in [0.4, 0.5) is 13.2 Å². The largest absolute Gasteiger partial charge is 0.399 e. The molecular weight excluding hydrogens is 424 g/mol. The predicted molar refractivity (Wildman–Crippen MR) is 105 cm³/mol. The summed E-state index contributed by atoms with van der Waals surface area (Å²) in [6.45, 7) is 1.74.